The number of carboxylic acid groups (broad SMARTS) is 1. The fraction of sp³-hybridized carbons (Fsp3) is 0.333. The second-order valence-electron chi connectivity index (χ2n) is 4.61. The van der Waals surface area contributed by atoms with Gasteiger partial charge >= 0.3 is 17.7 Å². The molecule has 1 aromatic rings. The number of nitrogens with zero attached hydrogens (tertiary/aromatic N) is 2. The first-order valence-corrected chi connectivity index (χ1v) is 6.12. The molecule has 1 fully saturated rings. The molecule has 0 heterocycles. The highest BCUT2D eigenvalue weighted by molar-refractivity contribution is 5.91. The average Bonchev–Trinajstić information content (AvgIpc) is 3.19. The first-order valence-electron chi connectivity index (χ1n) is 6.12. The summed E-state index contributed by atoms with van der Waals surface area (Å²) in [5.41, 5.74) is -0.670. The molecular formula is C12H12FN3O5. The minimum atomic E-state index is -1.15. The van der Waals surface area contributed by atoms with Crippen LogP contribution in [0, 0.1) is 15.9 Å². The van der Waals surface area contributed by atoms with Gasteiger partial charge in [-0.2, -0.15) is 4.39 Å². The van der Waals surface area contributed by atoms with E-state index in [2.05, 4.69) is 5.32 Å². The van der Waals surface area contributed by atoms with E-state index in [0.29, 0.717) is 0 Å². The number of nitro benzene ring substituents is 1. The lowest BCUT2D eigenvalue weighted by molar-refractivity contribution is -0.387. The third kappa shape index (κ3) is 3.65. The van der Waals surface area contributed by atoms with Crippen LogP contribution in [0.5, 0.6) is 0 Å². The fourth-order valence-corrected chi connectivity index (χ4v) is 1.83. The molecule has 21 heavy (non-hydrogen) atoms. The topological polar surface area (TPSA) is 113 Å². The third-order valence-electron chi connectivity index (χ3n) is 2.95. The molecule has 112 valence electrons. The summed E-state index contributed by atoms with van der Waals surface area (Å²) >= 11 is 0. The number of aliphatic carboxylic acids is 1. The zero-order valence-corrected chi connectivity index (χ0v) is 10.8. The third-order valence-corrected chi connectivity index (χ3v) is 2.95. The number of rotatable bonds is 5. The number of nitrogens with one attached hydrogen (secondary N) is 1. The van der Waals surface area contributed by atoms with Crippen LogP contribution in [-0.4, -0.2) is 39.5 Å². The number of carboxylic acids is 1. The maximum atomic E-state index is 13.4. The van der Waals surface area contributed by atoms with Gasteiger partial charge in [-0.3, -0.25) is 14.9 Å². The molecule has 0 unspecified atom stereocenters. The van der Waals surface area contributed by atoms with Gasteiger partial charge in [-0.15, -0.1) is 0 Å². The second kappa shape index (κ2) is 5.73. The van der Waals surface area contributed by atoms with Crippen molar-refractivity contribution in [1.82, 2.24) is 4.90 Å². The highest BCUT2D eigenvalue weighted by Crippen LogP contribution is 2.27. The van der Waals surface area contributed by atoms with E-state index in [9.17, 15) is 24.1 Å². The van der Waals surface area contributed by atoms with Crippen LogP contribution >= 0.6 is 0 Å². The SMILES string of the molecule is O=C(O)CN(C(=O)Nc1ccc([N+](=O)[O-])c(F)c1)C1CC1. The molecule has 0 spiro atoms. The summed E-state index contributed by atoms with van der Waals surface area (Å²) in [4.78, 5) is 33.4. The first kappa shape index (κ1) is 14.7. The quantitative estimate of drug-likeness (QED) is 0.635. The molecule has 1 aliphatic rings. The fourth-order valence-electron chi connectivity index (χ4n) is 1.83. The molecule has 0 bridgehead atoms. The van der Waals surface area contributed by atoms with Crippen molar-refractivity contribution in [3.8, 4) is 0 Å². The Labute approximate surface area is 118 Å². The van der Waals surface area contributed by atoms with Crippen LogP contribution in [0.2, 0.25) is 0 Å². The molecule has 1 aliphatic carbocycles. The summed E-state index contributed by atoms with van der Waals surface area (Å²) in [6.45, 7) is -0.452. The van der Waals surface area contributed by atoms with Crippen LogP contribution < -0.4 is 5.32 Å². The Kier molecular flexibility index (Phi) is 4.01. The van der Waals surface area contributed by atoms with Gasteiger partial charge < -0.3 is 15.3 Å². The lowest BCUT2D eigenvalue weighted by Crippen LogP contribution is -2.40. The van der Waals surface area contributed by atoms with Crippen molar-refractivity contribution in [1.29, 1.82) is 0 Å². The number of urea groups is 1. The Bertz CT molecular complexity index is 603. The minimum absolute atomic E-state index is 0.0270. The van der Waals surface area contributed by atoms with E-state index in [1.165, 1.54) is 6.07 Å². The number of nitro groups is 1. The molecular weight excluding hydrogens is 285 g/mol. The van der Waals surface area contributed by atoms with Crippen molar-refractivity contribution >= 4 is 23.4 Å². The van der Waals surface area contributed by atoms with Gasteiger partial charge in [0.1, 0.15) is 6.54 Å². The molecule has 2 rings (SSSR count). The Hall–Kier alpha value is -2.71. The molecule has 2 N–H and O–H groups in total. The van der Waals surface area contributed by atoms with Gasteiger partial charge in [0.05, 0.1) is 4.92 Å². The van der Waals surface area contributed by atoms with Crippen LogP contribution in [0.25, 0.3) is 0 Å². The van der Waals surface area contributed by atoms with Crippen molar-refractivity contribution < 1.29 is 24.0 Å². The van der Waals surface area contributed by atoms with Gasteiger partial charge in [0.15, 0.2) is 0 Å². The number of amides is 2. The molecule has 0 saturated heterocycles. The summed E-state index contributed by atoms with van der Waals surface area (Å²) in [6.07, 6.45) is 1.44. The van der Waals surface area contributed by atoms with Crippen molar-refractivity contribution in [2.45, 2.75) is 18.9 Å². The number of anilines is 1. The molecule has 1 saturated carbocycles. The van der Waals surface area contributed by atoms with Crippen molar-refractivity contribution in [3.05, 3.63) is 34.1 Å². The normalized spacial score (nSPS) is 13.6. The smallest absolute Gasteiger partial charge is 0.323 e. The average molecular weight is 297 g/mol. The van der Waals surface area contributed by atoms with Crippen LogP contribution in [-0.2, 0) is 4.79 Å². The van der Waals surface area contributed by atoms with Gasteiger partial charge in [-0.25, -0.2) is 4.79 Å². The van der Waals surface area contributed by atoms with Crippen molar-refractivity contribution in [2.75, 3.05) is 11.9 Å². The van der Waals surface area contributed by atoms with Gasteiger partial charge in [0.25, 0.3) is 0 Å². The summed E-state index contributed by atoms with van der Waals surface area (Å²) in [5.74, 6) is -2.22. The van der Waals surface area contributed by atoms with E-state index in [1.807, 2.05) is 0 Å². The van der Waals surface area contributed by atoms with E-state index < -0.39 is 35.0 Å². The minimum Gasteiger partial charge on any atom is -0.480 e. The van der Waals surface area contributed by atoms with Crippen LogP contribution in [0.15, 0.2) is 18.2 Å². The van der Waals surface area contributed by atoms with Crippen LogP contribution in [0.1, 0.15) is 12.8 Å². The van der Waals surface area contributed by atoms with E-state index >= 15 is 0 Å². The Morgan fingerprint density at radius 3 is 2.62 bits per heavy atom. The molecule has 9 heteroatoms. The highest BCUT2D eigenvalue weighted by atomic mass is 19.1. The zero-order valence-electron chi connectivity index (χ0n) is 10.8. The van der Waals surface area contributed by atoms with Gasteiger partial charge in [0, 0.05) is 23.9 Å². The highest BCUT2D eigenvalue weighted by Gasteiger charge is 2.34. The number of halogens is 1. The predicted molar refractivity (Wildman–Crippen MR) is 69.4 cm³/mol. The first-order chi connectivity index (χ1) is 9.88. The van der Waals surface area contributed by atoms with Crippen molar-refractivity contribution in [3.63, 3.8) is 0 Å². The van der Waals surface area contributed by atoms with E-state index in [-0.39, 0.29) is 11.7 Å². The molecule has 1 aromatic carbocycles. The number of hydrogen-bond donors (Lipinski definition) is 2. The van der Waals surface area contributed by atoms with E-state index in [1.54, 1.807) is 0 Å². The van der Waals surface area contributed by atoms with Gasteiger partial charge in [-0.05, 0) is 18.9 Å². The maximum Gasteiger partial charge on any atom is 0.323 e. The number of hydrogen-bond acceptors (Lipinski definition) is 4. The molecule has 0 atom stereocenters. The molecule has 0 aliphatic heterocycles. The Balaban J connectivity index is 2.09. The number of carbonyl (C=O) groups excluding carboxylic acids is 1. The summed E-state index contributed by atoms with van der Waals surface area (Å²) in [6, 6.07) is 2.13. The Morgan fingerprint density at radius 2 is 2.14 bits per heavy atom. The standard InChI is InChI=1S/C12H12FN3O5/c13-9-5-7(1-4-10(9)16(20)21)14-12(19)15(6-11(17)18)8-2-3-8/h1,4-5,8H,2-3,6H2,(H,14,19)(H,17,18). The molecule has 8 nitrogen and oxygen atoms in total. The molecule has 0 radical (unpaired) electrons. The second-order valence-corrected chi connectivity index (χ2v) is 4.61. The van der Waals surface area contributed by atoms with E-state index in [4.69, 9.17) is 5.11 Å². The van der Waals surface area contributed by atoms with Crippen molar-refractivity contribution in [2.24, 2.45) is 0 Å². The number of benzene rings is 1. The van der Waals surface area contributed by atoms with E-state index in [0.717, 1.165) is 29.9 Å². The maximum absolute atomic E-state index is 13.4. The predicted octanol–water partition coefficient (Wildman–Crippen LogP) is 1.81. The largest absolute Gasteiger partial charge is 0.480 e. The summed E-state index contributed by atoms with van der Waals surface area (Å²) in [7, 11) is 0. The number of carbonyl (C=O) groups is 2. The summed E-state index contributed by atoms with van der Waals surface area (Å²) < 4.78 is 13.4. The molecule has 0 aromatic heterocycles. The van der Waals surface area contributed by atoms with Gasteiger partial charge in [-0.1, -0.05) is 0 Å². The van der Waals surface area contributed by atoms with Crippen LogP contribution in [0.3, 0.4) is 0 Å². The monoisotopic (exact) mass is 297 g/mol. The molecule has 2 amide bonds. The zero-order chi connectivity index (χ0) is 15.6. The lowest BCUT2D eigenvalue weighted by Gasteiger charge is -2.20. The van der Waals surface area contributed by atoms with Crippen LogP contribution in [0.4, 0.5) is 20.6 Å². The van der Waals surface area contributed by atoms with Gasteiger partial charge in [0.2, 0.25) is 5.82 Å². The Morgan fingerprint density at radius 1 is 1.48 bits per heavy atom. The summed E-state index contributed by atoms with van der Waals surface area (Å²) in [5, 5.41) is 21.6. The lowest BCUT2D eigenvalue weighted by atomic mass is 10.2.